The number of ether oxygens (including phenoxy) is 1. The van der Waals surface area contributed by atoms with Crippen LogP contribution in [0.5, 0.6) is 0 Å². The second-order valence-corrected chi connectivity index (χ2v) is 6.84. The van der Waals surface area contributed by atoms with Crippen molar-refractivity contribution in [1.29, 1.82) is 0 Å². The molecule has 4 nitrogen and oxygen atoms in total. The molecule has 0 saturated carbocycles. The molecule has 1 aromatic rings. The van der Waals surface area contributed by atoms with Gasteiger partial charge < -0.3 is 9.84 Å². The quantitative estimate of drug-likeness (QED) is 0.564. The fraction of sp³-hybridized carbons (Fsp3) is 0.500. The van der Waals surface area contributed by atoms with Crippen LogP contribution in [0, 0.1) is 5.92 Å². The lowest BCUT2D eigenvalue weighted by molar-refractivity contribution is 0.0426. The molecule has 0 aromatic heterocycles. The van der Waals surface area contributed by atoms with Crippen LogP contribution in [0.15, 0.2) is 21.1 Å². The second-order valence-electron chi connectivity index (χ2n) is 5.13. The normalized spacial score (nSPS) is 12.0. The van der Waals surface area contributed by atoms with Gasteiger partial charge in [0.15, 0.2) is 0 Å². The van der Waals surface area contributed by atoms with Crippen LogP contribution in [-0.2, 0) is 4.74 Å². The third kappa shape index (κ3) is 5.39. The number of hydrogen-bond acceptors (Lipinski definition) is 3. The summed E-state index contributed by atoms with van der Waals surface area (Å²) in [5.74, 6) is -1.14. The Bertz CT molecular complexity index is 543. The first-order valence-electron chi connectivity index (χ1n) is 7.30. The number of benzene rings is 1. The van der Waals surface area contributed by atoms with Crippen LogP contribution in [-0.4, -0.2) is 23.7 Å². The molecule has 1 aromatic carbocycles. The summed E-state index contributed by atoms with van der Waals surface area (Å²) in [6.45, 7) is 4.61. The largest absolute Gasteiger partial charge is 0.478 e. The van der Waals surface area contributed by atoms with E-state index in [1.54, 1.807) is 0 Å². The Morgan fingerprint density at radius 1 is 1.18 bits per heavy atom. The van der Waals surface area contributed by atoms with Crippen molar-refractivity contribution < 1.29 is 19.4 Å². The molecule has 1 N–H and O–H groups in total. The van der Waals surface area contributed by atoms with E-state index in [9.17, 15) is 9.59 Å². The third-order valence-electron chi connectivity index (χ3n) is 3.50. The highest BCUT2D eigenvalue weighted by atomic mass is 79.9. The van der Waals surface area contributed by atoms with Gasteiger partial charge in [0.25, 0.3) is 0 Å². The molecule has 0 amide bonds. The van der Waals surface area contributed by atoms with E-state index < -0.39 is 11.9 Å². The number of unbranched alkanes of at least 4 members (excludes halogenated alkanes) is 1. The SMILES string of the molecule is CCCCC(CC)COC(=O)c1cc(Br)c(C(=O)O)cc1Br. The molecule has 0 saturated heterocycles. The van der Waals surface area contributed by atoms with Crippen LogP contribution < -0.4 is 0 Å². The van der Waals surface area contributed by atoms with E-state index in [1.165, 1.54) is 12.1 Å². The zero-order valence-electron chi connectivity index (χ0n) is 12.7. The smallest absolute Gasteiger partial charge is 0.339 e. The van der Waals surface area contributed by atoms with Gasteiger partial charge in [-0.1, -0.05) is 33.1 Å². The lowest BCUT2D eigenvalue weighted by atomic mass is 10.0. The number of hydrogen-bond donors (Lipinski definition) is 1. The first-order valence-corrected chi connectivity index (χ1v) is 8.88. The molecule has 0 heterocycles. The van der Waals surface area contributed by atoms with Crippen molar-refractivity contribution in [2.75, 3.05) is 6.61 Å². The molecular weight excluding hydrogens is 416 g/mol. The summed E-state index contributed by atoms with van der Waals surface area (Å²) in [6, 6.07) is 2.88. The third-order valence-corrected chi connectivity index (χ3v) is 4.81. The molecule has 1 rings (SSSR count). The number of esters is 1. The van der Waals surface area contributed by atoms with Gasteiger partial charge >= 0.3 is 11.9 Å². The number of aromatic carboxylic acids is 1. The van der Waals surface area contributed by atoms with Gasteiger partial charge in [-0.15, -0.1) is 0 Å². The first kappa shape index (κ1) is 19.2. The molecule has 1 unspecified atom stereocenters. The second kappa shape index (κ2) is 9.30. The van der Waals surface area contributed by atoms with Gasteiger partial charge in [-0.3, -0.25) is 0 Å². The first-order chi connectivity index (χ1) is 10.4. The summed E-state index contributed by atoms with van der Waals surface area (Å²) in [5, 5.41) is 9.04. The standard InChI is InChI=1S/C16H20Br2O4/c1-3-5-6-10(4-2)9-22-16(21)12-8-13(17)11(15(19)20)7-14(12)18/h7-8,10H,3-6,9H2,1-2H3,(H,19,20). The highest BCUT2D eigenvalue weighted by Gasteiger charge is 2.18. The Kier molecular flexibility index (Phi) is 8.10. The van der Waals surface area contributed by atoms with Gasteiger partial charge in [0.1, 0.15) is 0 Å². The predicted molar refractivity (Wildman–Crippen MR) is 92.4 cm³/mol. The molecule has 122 valence electrons. The van der Waals surface area contributed by atoms with Crippen molar-refractivity contribution in [3.8, 4) is 0 Å². The molecule has 0 aliphatic rings. The van der Waals surface area contributed by atoms with Crippen LogP contribution >= 0.6 is 31.9 Å². The molecule has 0 aliphatic heterocycles. The Hall–Kier alpha value is -0.880. The Balaban J connectivity index is 2.77. The number of halogens is 2. The Morgan fingerprint density at radius 3 is 2.32 bits per heavy atom. The van der Waals surface area contributed by atoms with E-state index in [2.05, 4.69) is 45.7 Å². The van der Waals surface area contributed by atoms with Crippen molar-refractivity contribution >= 4 is 43.8 Å². The number of carboxylic acid groups (broad SMARTS) is 1. The molecular formula is C16H20Br2O4. The highest BCUT2D eigenvalue weighted by Crippen LogP contribution is 2.27. The number of rotatable bonds is 8. The van der Waals surface area contributed by atoms with E-state index in [4.69, 9.17) is 9.84 Å². The summed E-state index contributed by atoms with van der Waals surface area (Å²) in [6.07, 6.45) is 4.26. The summed E-state index contributed by atoms with van der Waals surface area (Å²) in [5.41, 5.74) is 0.417. The van der Waals surface area contributed by atoms with E-state index in [0.29, 0.717) is 27.0 Å². The molecule has 0 aliphatic carbocycles. The van der Waals surface area contributed by atoms with Crippen molar-refractivity contribution in [3.63, 3.8) is 0 Å². The van der Waals surface area contributed by atoms with E-state index in [1.807, 2.05) is 0 Å². The highest BCUT2D eigenvalue weighted by molar-refractivity contribution is 9.11. The molecule has 6 heteroatoms. The van der Waals surface area contributed by atoms with Gasteiger partial charge in [-0.2, -0.15) is 0 Å². The van der Waals surface area contributed by atoms with Crippen LogP contribution in [0.3, 0.4) is 0 Å². The zero-order chi connectivity index (χ0) is 16.7. The monoisotopic (exact) mass is 434 g/mol. The lowest BCUT2D eigenvalue weighted by Crippen LogP contribution is -2.15. The zero-order valence-corrected chi connectivity index (χ0v) is 15.9. The van der Waals surface area contributed by atoms with Crippen LogP contribution in [0.4, 0.5) is 0 Å². The molecule has 1 atom stereocenters. The molecule has 0 bridgehead atoms. The summed E-state index contributed by atoms with van der Waals surface area (Å²) >= 11 is 6.40. The summed E-state index contributed by atoms with van der Waals surface area (Å²) < 4.78 is 6.15. The average Bonchev–Trinajstić information content (AvgIpc) is 2.48. The predicted octanol–water partition coefficient (Wildman–Crippen LogP) is 5.28. The summed E-state index contributed by atoms with van der Waals surface area (Å²) in [7, 11) is 0. The van der Waals surface area contributed by atoms with E-state index in [0.717, 1.165) is 25.7 Å². The number of carboxylic acids is 1. The maximum Gasteiger partial charge on any atom is 0.339 e. The maximum absolute atomic E-state index is 12.2. The number of carbonyl (C=O) groups is 2. The van der Waals surface area contributed by atoms with Gasteiger partial charge in [-0.05, 0) is 56.3 Å². The van der Waals surface area contributed by atoms with Gasteiger partial charge in [0.2, 0.25) is 0 Å². The van der Waals surface area contributed by atoms with E-state index in [-0.39, 0.29) is 5.56 Å². The fourth-order valence-corrected chi connectivity index (χ4v) is 3.05. The minimum atomic E-state index is -1.06. The van der Waals surface area contributed by atoms with Gasteiger partial charge in [0.05, 0.1) is 17.7 Å². The van der Waals surface area contributed by atoms with Gasteiger partial charge in [0, 0.05) is 8.95 Å². The maximum atomic E-state index is 12.2. The van der Waals surface area contributed by atoms with Crippen LogP contribution in [0.25, 0.3) is 0 Å². The fourth-order valence-electron chi connectivity index (χ4n) is 2.04. The average molecular weight is 436 g/mol. The van der Waals surface area contributed by atoms with Crippen molar-refractivity contribution in [2.24, 2.45) is 5.92 Å². The lowest BCUT2D eigenvalue weighted by Gasteiger charge is -2.15. The topological polar surface area (TPSA) is 63.6 Å². The Labute approximate surface area is 147 Å². The number of carbonyl (C=O) groups excluding carboxylic acids is 1. The van der Waals surface area contributed by atoms with Crippen molar-refractivity contribution in [2.45, 2.75) is 39.5 Å². The summed E-state index contributed by atoms with van der Waals surface area (Å²) in [4.78, 5) is 23.2. The van der Waals surface area contributed by atoms with Gasteiger partial charge in [-0.25, -0.2) is 9.59 Å². The molecule has 0 fully saturated rings. The molecule has 0 spiro atoms. The molecule has 0 radical (unpaired) electrons. The minimum Gasteiger partial charge on any atom is -0.478 e. The van der Waals surface area contributed by atoms with Crippen LogP contribution in [0.1, 0.15) is 60.2 Å². The van der Waals surface area contributed by atoms with Crippen molar-refractivity contribution in [3.05, 3.63) is 32.2 Å². The van der Waals surface area contributed by atoms with Crippen molar-refractivity contribution in [1.82, 2.24) is 0 Å². The van der Waals surface area contributed by atoms with Crippen LogP contribution in [0.2, 0.25) is 0 Å². The molecule has 22 heavy (non-hydrogen) atoms. The minimum absolute atomic E-state index is 0.0952. The Morgan fingerprint density at radius 2 is 1.77 bits per heavy atom. The van der Waals surface area contributed by atoms with E-state index >= 15 is 0 Å².